The average Bonchev–Trinajstić information content (AvgIpc) is 2.27. The van der Waals surface area contributed by atoms with Crippen LogP contribution in [0.2, 0.25) is 0 Å². The predicted octanol–water partition coefficient (Wildman–Crippen LogP) is -0.0677. The van der Waals surface area contributed by atoms with Crippen LogP contribution in [0.1, 0.15) is 39.0 Å². The molecule has 1 saturated carbocycles. The molecule has 0 saturated heterocycles. The fraction of sp³-hybridized carbons (Fsp3) is 0.818. The van der Waals surface area contributed by atoms with Crippen LogP contribution in [-0.2, 0) is 9.59 Å². The van der Waals surface area contributed by atoms with Crippen molar-refractivity contribution in [3.63, 3.8) is 0 Å². The first-order chi connectivity index (χ1) is 7.59. The van der Waals surface area contributed by atoms with Crippen molar-refractivity contribution in [2.45, 2.75) is 51.2 Å². The minimum absolute atomic E-state index is 0.108. The highest BCUT2D eigenvalue weighted by Crippen LogP contribution is 2.17. The van der Waals surface area contributed by atoms with Gasteiger partial charge in [-0.2, -0.15) is 0 Å². The average molecular weight is 228 g/mol. The van der Waals surface area contributed by atoms with E-state index in [1.54, 1.807) is 6.92 Å². The van der Waals surface area contributed by atoms with Crippen LogP contribution in [0.3, 0.4) is 0 Å². The molecule has 0 aromatic heterocycles. The lowest BCUT2D eigenvalue weighted by Gasteiger charge is -2.22. The SMILES string of the molecule is C[C@@H](O)CNC(=O)C(=O)NC1CCCCC1. The second-order valence-electron chi connectivity index (χ2n) is 4.37. The van der Waals surface area contributed by atoms with E-state index >= 15 is 0 Å². The van der Waals surface area contributed by atoms with Crippen LogP contribution in [0.5, 0.6) is 0 Å². The number of carbonyl (C=O) groups is 2. The molecular weight excluding hydrogens is 208 g/mol. The Balaban J connectivity index is 2.25. The van der Waals surface area contributed by atoms with Gasteiger partial charge in [0.05, 0.1) is 6.10 Å². The van der Waals surface area contributed by atoms with Crippen LogP contribution >= 0.6 is 0 Å². The highest BCUT2D eigenvalue weighted by Gasteiger charge is 2.20. The Morgan fingerprint density at radius 1 is 1.25 bits per heavy atom. The maximum absolute atomic E-state index is 11.4. The number of hydrogen-bond acceptors (Lipinski definition) is 3. The van der Waals surface area contributed by atoms with E-state index in [-0.39, 0.29) is 12.6 Å². The van der Waals surface area contributed by atoms with Gasteiger partial charge in [-0.05, 0) is 19.8 Å². The number of amides is 2. The highest BCUT2D eigenvalue weighted by atomic mass is 16.3. The minimum Gasteiger partial charge on any atom is -0.392 e. The number of carbonyl (C=O) groups excluding carboxylic acids is 2. The van der Waals surface area contributed by atoms with Gasteiger partial charge in [-0.1, -0.05) is 19.3 Å². The highest BCUT2D eigenvalue weighted by molar-refractivity contribution is 6.35. The zero-order chi connectivity index (χ0) is 12.0. The molecule has 0 radical (unpaired) electrons. The van der Waals surface area contributed by atoms with Gasteiger partial charge in [-0.3, -0.25) is 9.59 Å². The molecule has 3 N–H and O–H groups in total. The Morgan fingerprint density at radius 3 is 2.44 bits per heavy atom. The predicted molar refractivity (Wildman–Crippen MR) is 59.7 cm³/mol. The largest absolute Gasteiger partial charge is 0.392 e. The lowest BCUT2D eigenvalue weighted by molar-refractivity contribution is -0.140. The zero-order valence-electron chi connectivity index (χ0n) is 9.66. The Bertz CT molecular complexity index is 248. The number of nitrogens with one attached hydrogen (secondary N) is 2. The van der Waals surface area contributed by atoms with Crippen LogP contribution in [0, 0.1) is 0 Å². The molecule has 1 fully saturated rings. The summed E-state index contributed by atoms with van der Waals surface area (Å²) < 4.78 is 0. The molecular formula is C11H20N2O3. The van der Waals surface area contributed by atoms with Crippen LogP contribution in [-0.4, -0.2) is 35.6 Å². The maximum Gasteiger partial charge on any atom is 0.309 e. The van der Waals surface area contributed by atoms with Gasteiger partial charge in [0.2, 0.25) is 0 Å². The van der Waals surface area contributed by atoms with Gasteiger partial charge < -0.3 is 15.7 Å². The first kappa shape index (κ1) is 13.0. The second kappa shape index (κ2) is 6.48. The third-order valence-corrected chi connectivity index (χ3v) is 2.70. The third-order valence-electron chi connectivity index (χ3n) is 2.70. The van der Waals surface area contributed by atoms with Crippen LogP contribution in [0.15, 0.2) is 0 Å². The van der Waals surface area contributed by atoms with E-state index in [0.29, 0.717) is 0 Å². The quantitative estimate of drug-likeness (QED) is 0.592. The summed E-state index contributed by atoms with van der Waals surface area (Å²) in [5.74, 6) is -1.25. The molecule has 5 nitrogen and oxygen atoms in total. The molecule has 0 unspecified atom stereocenters. The summed E-state index contributed by atoms with van der Waals surface area (Å²) in [6, 6.07) is 0.138. The fourth-order valence-electron chi connectivity index (χ4n) is 1.82. The molecule has 0 aliphatic heterocycles. The fourth-order valence-corrected chi connectivity index (χ4v) is 1.82. The summed E-state index contributed by atoms with van der Waals surface area (Å²) in [5.41, 5.74) is 0. The summed E-state index contributed by atoms with van der Waals surface area (Å²) in [6.45, 7) is 1.66. The first-order valence-electron chi connectivity index (χ1n) is 5.86. The van der Waals surface area contributed by atoms with Crippen molar-refractivity contribution >= 4 is 11.8 Å². The van der Waals surface area contributed by atoms with Crippen molar-refractivity contribution < 1.29 is 14.7 Å². The minimum atomic E-state index is -0.661. The molecule has 16 heavy (non-hydrogen) atoms. The van der Waals surface area contributed by atoms with E-state index < -0.39 is 17.9 Å². The Morgan fingerprint density at radius 2 is 1.88 bits per heavy atom. The van der Waals surface area contributed by atoms with Gasteiger partial charge in [-0.15, -0.1) is 0 Å². The van der Waals surface area contributed by atoms with Gasteiger partial charge in [0.1, 0.15) is 0 Å². The molecule has 0 aromatic carbocycles. The van der Waals surface area contributed by atoms with Crippen molar-refractivity contribution in [3.8, 4) is 0 Å². The van der Waals surface area contributed by atoms with E-state index in [4.69, 9.17) is 5.11 Å². The van der Waals surface area contributed by atoms with Gasteiger partial charge in [-0.25, -0.2) is 0 Å². The van der Waals surface area contributed by atoms with Crippen molar-refractivity contribution in [2.24, 2.45) is 0 Å². The molecule has 0 spiro atoms. The van der Waals surface area contributed by atoms with Crippen LogP contribution < -0.4 is 10.6 Å². The number of aliphatic hydroxyl groups is 1. The van der Waals surface area contributed by atoms with E-state index in [9.17, 15) is 9.59 Å². The maximum atomic E-state index is 11.4. The molecule has 0 aromatic rings. The summed E-state index contributed by atoms with van der Waals surface area (Å²) >= 11 is 0. The standard InChI is InChI=1S/C11H20N2O3/c1-8(14)7-12-10(15)11(16)13-9-5-3-2-4-6-9/h8-9,14H,2-7H2,1H3,(H,12,15)(H,13,16)/t8-/m1/s1. The number of rotatable bonds is 3. The number of hydrogen-bond donors (Lipinski definition) is 3. The lowest BCUT2D eigenvalue weighted by atomic mass is 9.95. The van der Waals surface area contributed by atoms with Gasteiger partial charge >= 0.3 is 11.8 Å². The Labute approximate surface area is 95.6 Å². The summed E-state index contributed by atoms with van der Waals surface area (Å²) in [4.78, 5) is 22.7. The third kappa shape index (κ3) is 4.61. The van der Waals surface area contributed by atoms with Gasteiger partial charge in [0, 0.05) is 12.6 Å². The molecule has 1 atom stereocenters. The number of aliphatic hydroxyl groups excluding tert-OH is 1. The summed E-state index contributed by atoms with van der Waals surface area (Å²) in [7, 11) is 0. The van der Waals surface area contributed by atoms with Crippen LogP contribution in [0.25, 0.3) is 0 Å². The molecule has 0 bridgehead atoms. The molecule has 2 amide bonds. The van der Waals surface area contributed by atoms with Gasteiger partial charge in [0.15, 0.2) is 0 Å². The molecule has 92 valence electrons. The normalized spacial score (nSPS) is 18.9. The van der Waals surface area contributed by atoms with E-state index in [1.807, 2.05) is 0 Å². The summed E-state index contributed by atoms with van der Waals surface area (Å²) in [6.07, 6.45) is 4.71. The lowest BCUT2D eigenvalue weighted by Crippen LogP contribution is -2.46. The molecule has 5 heteroatoms. The van der Waals surface area contributed by atoms with E-state index in [2.05, 4.69) is 10.6 Å². The van der Waals surface area contributed by atoms with E-state index in [1.165, 1.54) is 6.42 Å². The topological polar surface area (TPSA) is 78.4 Å². The second-order valence-corrected chi connectivity index (χ2v) is 4.37. The Hall–Kier alpha value is -1.10. The van der Waals surface area contributed by atoms with Crippen molar-refractivity contribution in [1.29, 1.82) is 0 Å². The smallest absolute Gasteiger partial charge is 0.309 e. The molecule has 1 aliphatic rings. The zero-order valence-corrected chi connectivity index (χ0v) is 9.66. The summed E-state index contributed by atoms with van der Waals surface area (Å²) in [5, 5.41) is 14.0. The monoisotopic (exact) mass is 228 g/mol. The molecule has 0 heterocycles. The van der Waals surface area contributed by atoms with Crippen molar-refractivity contribution in [3.05, 3.63) is 0 Å². The first-order valence-corrected chi connectivity index (χ1v) is 5.86. The van der Waals surface area contributed by atoms with Gasteiger partial charge in [0.25, 0.3) is 0 Å². The van der Waals surface area contributed by atoms with Crippen LogP contribution in [0.4, 0.5) is 0 Å². The van der Waals surface area contributed by atoms with Crippen molar-refractivity contribution in [2.75, 3.05) is 6.54 Å². The van der Waals surface area contributed by atoms with E-state index in [0.717, 1.165) is 25.7 Å². The van der Waals surface area contributed by atoms with Crippen molar-refractivity contribution in [1.82, 2.24) is 10.6 Å². The Kier molecular flexibility index (Phi) is 5.25. The molecule has 1 aliphatic carbocycles. The molecule has 1 rings (SSSR count).